The van der Waals surface area contributed by atoms with Gasteiger partial charge in [-0.15, -0.1) is 0 Å². The molecule has 0 radical (unpaired) electrons. The Balaban J connectivity index is 1.48. The Labute approximate surface area is 131 Å². The molecule has 6 heteroatoms. The molecule has 3 rings (SSSR count). The molecule has 3 heterocycles. The third-order valence-corrected chi connectivity index (χ3v) is 4.67. The lowest BCUT2D eigenvalue weighted by Crippen LogP contribution is -2.32. The van der Waals surface area contributed by atoms with Crippen molar-refractivity contribution in [3.63, 3.8) is 0 Å². The van der Waals surface area contributed by atoms with Crippen molar-refractivity contribution in [2.24, 2.45) is 0 Å². The first kappa shape index (κ1) is 15.5. The second kappa shape index (κ2) is 7.72. The zero-order valence-corrected chi connectivity index (χ0v) is 13.2. The van der Waals surface area contributed by atoms with Gasteiger partial charge < -0.3 is 9.64 Å². The van der Waals surface area contributed by atoms with Crippen molar-refractivity contribution in [2.75, 3.05) is 26.3 Å². The standard InChI is InChI=1S/C16H26N4O2/c21-15(20-9-3-1-2-4-10-20)6-5-14-17-16(19-18-14)13-7-11-22-12-8-13/h13H,1-12H2,(H,17,18,19). The van der Waals surface area contributed by atoms with Gasteiger partial charge in [0.05, 0.1) is 0 Å². The molecule has 2 fully saturated rings. The maximum Gasteiger partial charge on any atom is 0.223 e. The monoisotopic (exact) mass is 306 g/mol. The first-order valence-corrected chi connectivity index (χ1v) is 8.59. The van der Waals surface area contributed by atoms with Crippen LogP contribution in [0.1, 0.15) is 62.5 Å². The quantitative estimate of drug-likeness (QED) is 0.924. The van der Waals surface area contributed by atoms with Crippen LogP contribution >= 0.6 is 0 Å². The maximum absolute atomic E-state index is 12.3. The van der Waals surface area contributed by atoms with Crippen molar-refractivity contribution in [1.82, 2.24) is 20.1 Å². The molecule has 2 aliphatic rings. The normalized spacial score (nSPS) is 20.8. The van der Waals surface area contributed by atoms with Crippen molar-refractivity contribution >= 4 is 5.91 Å². The van der Waals surface area contributed by atoms with E-state index in [1.54, 1.807) is 0 Å². The minimum atomic E-state index is 0.255. The molecule has 0 atom stereocenters. The Bertz CT molecular complexity index is 474. The van der Waals surface area contributed by atoms with Crippen molar-refractivity contribution in [3.8, 4) is 0 Å². The molecule has 1 aromatic heterocycles. The Hall–Kier alpha value is -1.43. The molecule has 0 aliphatic carbocycles. The van der Waals surface area contributed by atoms with Crippen LogP contribution in [0.3, 0.4) is 0 Å². The Kier molecular flexibility index (Phi) is 5.43. The highest BCUT2D eigenvalue weighted by atomic mass is 16.5. The van der Waals surface area contributed by atoms with E-state index in [0.29, 0.717) is 18.8 Å². The molecule has 0 saturated carbocycles. The summed E-state index contributed by atoms with van der Waals surface area (Å²) in [4.78, 5) is 18.9. The predicted octanol–water partition coefficient (Wildman–Crippen LogP) is 2.03. The summed E-state index contributed by atoms with van der Waals surface area (Å²) >= 11 is 0. The van der Waals surface area contributed by atoms with Crippen LogP contribution in [0, 0.1) is 0 Å². The first-order chi connectivity index (χ1) is 10.8. The van der Waals surface area contributed by atoms with E-state index in [-0.39, 0.29) is 5.91 Å². The van der Waals surface area contributed by atoms with Gasteiger partial charge in [0, 0.05) is 45.1 Å². The van der Waals surface area contributed by atoms with E-state index in [1.807, 2.05) is 4.90 Å². The molecule has 1 N–H and O–H groups in total. The molecule has 0 bridgehead atoms. The van der Waals surface area contributed by atoms with Crippen molar-refractivity contribution in [2.45, 2.75) is 57.3 Å². The molecule has 122 valence electrons. The number of rotatable bonds is 4. The molecule has 2 aliphatic heterocycles. The number of aromatic nitrogens is 3. The first-order valence-electron chi connectivity index (χ1n) is 8.59. The Morgan fingerprint density at radius 3 is 2.64 bits per heavy atom. The van der Waals surface area contributed by atoms with Gasteiger partial charge in [0.15, 0.2) is 5.82 Å². The highest BCUT2D eigenvalue weighted by Gasteiger charge is 2.21. The van der Waals surface area contributed by atoms with Crippen LogP contribution in [0.4, 0.5) is 0 Å². The number of aromatic amines is 1. The van der Waals surface area contributed by atoms with Gasteiger partial charge in [0.25, 0.3) is 0 Å². The van der Waals surface area contributed by atoms with Crippen LogP contribution < -0.4 is 0 Å². The van der Waals surface area contributed by atoms with Gasteiger partial charge in [-0.05, 0) is 25.7 Å². The lowest BCUT2D eigenvalue weighted by molar-refractivity contribution is -0.131. The molecule has 2 saturated heterocycles. The van der Waals surface area contributed by atoms with E-state index in [0.717, 1.165) is 63.6 Å². The summed E-state index contributed by atoms with van der Waals surface area (Å²) in [6.07, 6.45) is 7.95. The molecular formula is C16H26N4O2. The summed E-state index contributed by atoms with van der Waals surface area (Å²) in [5.41, 5.74) is 0. The molecule has 22 heavy (non-hydrogen) atoms. The molecule has 0 aromatic carbocycles. The second-order valence-corrected chi connectivity index (χ2v) is 6.32. The number of H-pyrrole nitrogens is 1. The van der Waals surface area contributed by atoms with Gasteiger partial charge in [-0.1, -0.05) is 12.8 Å². The van der Waals surface area contributed by atoms with E-state index in [1.165, 1.54) is 12.8 Å². The fraction of sp³-hybridized carbons (Fsp3) is 0.812. The van der Waals surface area contributed by atoms with Gasteiger partial charge >= 0.3 is 0 Å². The number of nitrogens with zero attached hydrogens (tertiary/aromatic N) is 3. The third kappa shape index (κ3) is 4.06. The summed E-state index contributed by atoms with van der Waals surface area (Å²) in [5, 5.41) is 7.33. The summed E-state index contributed by atoms with van der Waals surface area (Å²) in [6, 6.07) is 0. The lowest BCUT2D eigenvalue weighted by Gasteiger charge is -2.20. The Morgan fingerprint density at radius 2 is 1.91 bits per heavy atom. The lowest BCUT2D eigenvalue weighted by atomic mass is 10.00. The number of amides is 1. The summed E-state index contributed by atoms with van der Waals surface area (Å²) in [6.45, 7) is 3.43. The van der Waals surface area contributed by atoms with Crippen LogP contribution in [0.25, 0.3) is 0 Å². The smallest absolute Gasteiger partial charge is 0.223 e. The molecule has 1 amide bonds. The topological polar surface area (TPSA) is 71.1 Å². The number of aryl methyl sites for hydroxylation is 1. The zero-order valence-electron chi connectivity index (χ0n) is 13.2. The highest BCUT2D eigenvalue weighted by molar-refractivity contribution is 5.76. The predicted molar refractivity (Wildman–Crippen MR) is 82.5 cm³/mol. The number of nitrogens with one attached hydrogen (secondary N) is 1. The fourth-order valence-electron chi connectivity index (χ4n) is 3.26. The van der Waals surface area contributed by atoms with Crippen LogP contribution in [-0.4, -0.2) is 52.3 Å². The van der Waals surface area contributed by atoms with Gasteiger partial charge in [-0.2, -0.15) is 5.10 Å². The molecule has 0 spiro atoms. The highest BCUT2D eigenvalue weighted by Crippen LogP contribution is 2.23. The SMILES string of the molecule is O=C(CCc1nc(C2CCOCC2)n[nH]1)N1CCCCCC1. The van der Waals surface area contributed by atoms with Crippen LogP contribution in [0.5, 0.6) is 0 Å². The van der Waals surface area contributed by atoms with Crippen LogP contribution in [0.2, 0.25) is 0 Å². The summed E-state index contributed by atoms with van der Waals surface area (Å²) in [5.74, 6) is 2.39. The minimum Gasteiger partial charge on any atom is -0.381 e. The molecule has 0 unspecified atom stereocenters. The molecular weight excluding hydrogens is 280 g/mol. The minimum absolute atomic E-state index is 0.255. The van der Waals surface area contributed by atoms with Crippen LogP contribution in [0.15, 0.2) is 0 Å². The van der Waals surface area contributed by atoms with E-state index in [9.17, 15) is 4.79 Å². The second-order valence-electron chi connectivity index (χ2n) is 6.32. The van der Waals surface area contributed by atoms with E-state index < -0.39 is 0 Å². The van der Waals surface area contributed by atoms with Crippen LogP contribution in [-0.2, 0) is 16.0 Å². The van der Waals surface area contributed by atoms with Gasteiger partial charge in [0.1, 0.15) is 5.82 Å². The number of ether oxygens (including phenoxy) is 1. The Morgan fingerprint density at radius 1 is 1.18 bits per heavy atom. The zero-order chi connectivity index (χ0) is 15.2. The average Bonchev–Trinajstić information content (AvgIpc) is 2.87. The van der Waals surface area contributed by atoms with Gasteiger partial charge in [0.2, 0.25) is 5.91 Å². The summed E-state index contributed by atoms with van der Waals surface area (Å²) < 4.78 is 5.37. The van der Waals surface area contributed by atoms with E-state index in [2.05, 4.69) is 15.2 Å². The number of likely N-dealkylation sites (tertiary alicyclic amines) is 1. The largest absolute Gasteiger partial charge is 0.381 e. The van der Waals surface area contributed by atoms with E-state index in [4.69, 9.17) is 4.74 Å². The third-order valence-electron chi connectivity index (χ3n) is 4.67. The number of carbonyl (C=O) groups is 1. The number of hydrogen-bond donors (Lipinski definition) is 1. The average molecular weight is 306 g/mol. The van der Waals surface area contributed by atoms with Gasteiger partial charge in [-0.3, -0.25) is 9.89 Å². The van der Waals surface area contributed by atoms with E-state index >= 15 is 0 Å². The van der Waals surface area contributed by atoms with Crippen molar-refractivity contribution in [3.05, 3.63) is 11.6 Å². The fourth-order valence-corrected chi connectivity index (χ4v) is 3.26. The number of carbonyl (C=O) groups excluding carboxylic acids is 1. The van der Waals surface area contributed by atoms with Crippen molar-refractivity contribution < 1.29 is 9.53 Å². The summed E-state index contributed by atoms with van der Waals surface area (Å²) in [7, 11) is 0. The molecule has 6 nitrogen and oxygen atoms in total. The van der Waals surface area contributed by atoms with Crippen molar-refractivity contribution in [1.29, 1.82) is 0 Å². The van der Waals surface area contributed by atoms with Gasteiger partial charge in [-0.25, -0.2) is 4.98 Å². The number of hydrogen-bond acceptors (Lipinski definition) is 4. The molecule has 1 aromatic rings. The maximum atomic E-state index is 12.3.